The van der Waals surface area contributed by atoms with E-state index in [1.165, 1.54) is 6.33 Å². The van der Waals surface area contributed by atoms with Crippen LogP contribution in [0.1, 0.15) is 56.5 Å². The molecule has 1 fully saturated rings. The molecule has 1 saturated heterocycles. The molecule has 1 aliphatic rings. The fourth-order valence-corrected chi connectivity index (χ4v) is 6.82. The van der Waals surface area contributed by atoms with E-state index >= 15 is 0 Å². The second kappa shape index (κ2) is 13.4. The lowest BCUT2D eigenvalue weighted by molar-refractivity contribution is -0.114. The Kier molecular flexibility index (Phi) is 9.96. The molecule has 0 saturated carbocycles. The summed E-state index contributed by atoms with van der Waals surface area (Å²) in [4.78, 5) is 19.6. The molecule has 8 nitrogen and oxygen atoms in total. The van der Waals surface area contributed by atoms with Crippen molar-refractivity contribution >= 4 is 31.0 Å². The highest BCUT2D eigenvalue weighted by molar-refractivity contribution is 6.72. The minimum absolute atomic E-state index is 0.139. The molecular weight excluding hydrogens is 594 g/mol. The lowest BCUT2D eigenvalue weighted by Gasteiger charge is -2.35. The maximum atomic E-state index is 12.1. The molecule has 236 valence electrons. The largest absolute Gasteiger partial charge is 0.432 e. The zero-order chi connectivity index (χ0) is 31.5. The Hall–Kier alpha value is -2.63. The highest BCUT2D eigenvalue weighted by Gasteiger charge is 2.55. The fourth-order valence-electron chi connectivity index (χ4n) is 5.78. The molecular formula is C34H44ClN3O5Si. The van der Waals surface area contributed by atoms with Crippen molar-refractivity contribution in [1.29, 1.82) is 0 Å². The zero-order valence-corrected chi connectivity index (χ0v) is 28.0. The van der Waals surface area contributed by atoms with Crippen LogP contribution >= 0.6 is 11.6 Å². The smallest absolute Gasteiger partial charge is 0.188 e. The molecule has 0 spiro atoms. The maximum absolute atomic E-state index is 12.1. The van der Waals surface area contributed by atoms with E-state index in [1.54, 1.807) is 6.92 Å². The molecule has 4 aromatic rings. The molecule has 0 aliphatic carbocycles. The van der Waals surface area contributed by atoms with Crippen LogP contribution < -0.4 is 0 Å². The van der Waals surface area contributed by atoms with Gasteiger partial charge < -0.3 is 28.7 Å². The first-order chi connectivity index (χ1) is 20.9. The van der Waals surface area contributed by atoms with Gasteiger partial charge in [-0.3, -0.25) is 0 Å². The summed E-state index contributed by atoms with van der Waals surface area (Å²) in [5.74, 6) is 0. The average molecular weight is 638 g/mol. The summed E-state index contributed by atoms with van der Waals surface area (Å²) in [5, 5.41) is 13.1. The van der Waals surface area contributed by atoms with Gasteiger partial charge in [-0.15, -0.1) is 0 Å². The summed E-state index contributed by atoms with van der Waals surface area (Å²) in [6, 6.07) is 19.8. The van der Waals surface area contributed by atoms with Crippen LogP contribution in [0.2, 0.25) is 23.3 Å². The van der Waals surface area contributed by atoms with Crippen molar-refractivity contribution in [1.82, 2.24) is 14.5 Å². The molecule has 0 radical (unpaired) electrons. The Morgan fingerprint density at radius 1 is 1.02 bits per heavy atom. The minimum Gasteiger partial charge on any atom is -0.432 e. The average Bonchev–Trinajstić information content (AvgIpc) is 3.46. The summed E-state index contributed by atoms with van der Waals surface area (Å²) >= 11 is 6.65. The molecule has 10 heteroatoms. The summed E-state index contributed by atoms with van der Waals surface area (Å²) < 4.78 is 21.0. The Labute approximate surface area is 266 Å². The number of hydrogen-bond donors (Lipinski definition) is 2. The van der Waals surface area contributed by atoms with Crippen molar-refractivity contribution in [2.45, 2.75) is 95.4 Å². The molecule has 3 heterocycles. The first kappa shape index (κ1) is 32.8. The second-order valence-electron chi connectivity index (χ2n) is 13.2. The third-order valence-electron chi connectivity index (χ3n) is 9.18. The number of ether oxygens (including phenoxy) is 3. The van der Waals surface area contributed by atoms with Crippen LogP contribution in [0.3, 0.4) is 0 Å². The molecule has 0 amide bonds. The zero-order valence-electron chi connectivity index (χ0n) is 26.2. The van der Waals surface area contributed by atoms with Gasteiger partial charge in [-0.25, -0.2) is 9.97 Å². The monoisotopic (exact) mass is 637 g/mol. The van der Waals surface area contributed by atoms with Crippen molar-refractivity contribution in [3.8, 4) is 0 Å². The molecule has 2 aromatic heterocycles. The third-order valence-corrected chi connectivity index (χ3v) is 13.0. The van der Waals surface area contributed by atoms with Crippen LogP contribution in [-0.4, -0.2) is 57.2 Å². The summed E-state index contributed by atoms with van der Waals surface area (Å²) in [6.07, 6.45) is 3.82. The van der Waals surface area contributed by atoms with Gasteiger partial charge in [0.05, 0.1) is 25.2 Å². The second-order valence-corrected chi connectivity index (χ2v) is 18.0. The van der Waals surface area contributed by atoms with E-state index in [2.05, 4.69) is 23.8 Å². The Bertz CT molecular complexity index is 1520. The van der Waals surface area contributed by atoms with Crippen molar-refractivity contribution in [3.05, 3.63) is 95.0 Å². The van der Waals surface area contributed by atoms with Gasteiger partial charge in [-0.2, -0.15) is 0 Å². The molecule has 1 aliphatic heterocycles. The predicted molar refractivity (Wildman–Crippen MR) is 175 cm³/mol. The quantitative estimate of drug-likeness (QED) is 0.122. The summed E-state index contributed by atoms with van der Waals surface area (Å²) in [7, 11) is -2.34. The van der Waals surface area contributed by atoms with Gasteiger partial charge in [0, 0.05) is 6.20 Å². The van der Waals surface area contributed by atoms with Crippen LogP contribution in [0.25, 0.3) is 11.0 Å². The van der Waals surface area contributed by atoms with Gasteiger partial charge in [-0.05, 0) is 61.0 Å². The van der Waals surface area contributed by atoms with E-state index in [0.29, 0.717) is 24.0 Å². The molecule has 4 atom stereocenters. The van der Waals surface area contributed by atoms with Crippen molar-refractivity contribution in [2.75, 3.05) is 6.61 Å². The van der Waals surface area contributed by atoms with E-state index in [4.69, 9.17) is 25.8 Å². The number of hydrogen-bond acceptors (Lipinski definition) is 7. The number of aliphatic hydroxyl groups is 1. The highest BCUT2D eigenvalue weighted by atomic mass is 35.5. The number of aryl methyl sites for hydroxylation is 1. The number of rotatable bonds is 13. The molecule has 44 heavy (non-hydrogen) atoms. The van der Waals surface area contributed by atoms with Crippen LogP contribution in [0.15, 0.2) is 73.2 Å². The summed E-state index contributed by atoms with van der Waals surface area (Å²) in [5.41, 5.74) is 2.20. The molecule has 2 N–H and O–H groups in total. The van der Waals surface area contributed by atoms with Gasteiger partial charge in [-0.1, -0.05) is 86.1 Å². The molecule has 5 rings (SSSR count). The molecule has 0 bridgehead atoms. The standard InChI is InChI=1S/C34H44ClN3O5Si/c1-33(2,44(4,5)40)18-12-17-26-19-38(31-28(26)30(35)36-23-37-31)32-34(3,39)29(42-21-25-15-10-7-11-16-25)27(43-32)22-41-20-24-13-8-6-9-14-24/h6-11,13-16,19,23,27,29,32,39-40H,12,17-18,20-22H2,1-5H3/t27-,29-,32?,34-/m1/s1. The first-order valence-electron chi connectivity index (χ1n) is 15.3. The lowest BCUT2D eigenvalue weighted by Crippen LogP contribution is -2.46. The first-order valence-corrected chi connectivity index (χ1v) is 18.6. The highest BCUT2D eigenvalue weighted by Crippen LogP contribution is 2.44. The Morgan fingerprint density at radius 2 is 1.66 bits per heavy atom. The van der Waals surface area contributed by atoms with Gasteiger partial charge >= 0.3 is 0 Å². The van der Waals surface area contributed by atoms with Crippen molar-refractivity contribution in [3.63, 3.8) is 0 Å². The number of aromatic nitrogens is 3. The van der Waals surface area contributed by atoms with E-state index in [1.807, 2.05) is 84.5 Å². The SMILES string of the molecule is CC(C)(CCCc1cn(C2O[C@H](COCc3ccccc3)[C@@H](OCc3ccccc3)[C@@]2(C)O)c2ncnc(Cl)c12)[Si](C)(C)O. The molecule has 2 aromatic carbocycles. The lowest BCUT2D eigenvalue weighted by atomic mass is 9.96. The maximum Gasteiger partial charge on any atom is 0.188 e. The Balaban J connectivity index is 1.42. The normalized spacial score (nSPS) is 22.6. The topological polar surface area (TPSA) is 98.9 Å². The molecule has 1 unspecified atom stereocenters. The predicted octanol–water partition coefficient (Wildman–Crippen LogP) is 6.84. The van der Waals surface area contributed by atoms with Crippen LogP contribution in [0.4, 0.5) is 0 Å². The van der Waals surface area contributed by atoms with Gasteiger partial charge in [0.25, 0.3) is 0 Å². The number of benzene rings is 2. The summed E-state index contributed by atoms with van der Waals surface area (Å²) in [6.45, 7) is 11.0. The van der Waals surface area contributed by atoms with Gasteiger partial charge in [0.1, 0.15) is 34.9 Å². The van der Waals surface area contributed by atoms with E-state index in [9.17, 15) is 9.90 Å². The van der Waals surface area contributed by atoms with Gasteiger partial charge in [0.15, 0.2) is 14.5 Å². The van der Waals surface area contributed by atoms with E-state index in [-0.39, 0.29) is 11.6 Å². The van der Waals surface area contributed by atoms with Gasteiger partial charge in [0.2, 0.25) is 0 Å². The van der Waals surface area contributed by atoms with E-state index in [0.717, 1.165) is 41.3 Å². The van der Waals surface area contributed by atoms with Crippen molar-refractivity contribution in [2.24, 2.45) is 0 Å². The van der Waals surface area contributed by atoms with Crippen LogP contribution in [0.5, 0.6) is 0 Å². The fraction of sp³-hybridized carbons (Fsp3) is 0.471. The third kappa shape index (κ3) is 7.10. The van der Waals surface area contributed by atoms with Crippen LogP contribution in [-0.2, 0) is 33.8 Å². The number of fused-ring (bicyclic) bond motifs is 1. The Morgan fingerprint density at radius 3 is 2.30 bits per heavy atom. The number of nitrogens with zero attached hydrogens (tertiary/aromatic N) is 3. The van der Waals surface area contributed by atoms with Crippen molar-refractivity contribution < 1.29 is 24.1 Å². The number of halogens is 1. The minimum atomic E-state index is -2.34. The van der Waals surface area contributed by atoms with E-state index < -0.39 is 32.4 Å². The van der Waals surface area contributed by atoms with Crippen LogP contribution in [0, 0.1) is 0 Å².